The van der Waals surface area contributed by atoms with E-state index in [-0.39, 0.29) is 33.7 Å². The summed E-state index contributed by atoms with van der Waals surface area (Å²) in [6, 6.07) is 0. The van der Waals surface area contributed by atoms with Gasteiger partial charge in [0.15, 0.2) is 5.78 Å². The van der Waals surface area contributed by atoms with Crippen molar-refractivity contribution in [1.29, 1.82) is 0 Å². The molecule has 0 saturated heterocycles. The molecule has 0 spiro atoms. The molecule has 0 aromatic heterocycles. The van der Waals surface area contributed by atoms with Crippen LogP contribution in [0.5, 0.6) is 0 Å². The first-order valence-corrected chi connectivity index (χ1v) is 13.4. The molecule has 0 bridgehead atoms. The Morgan fingerprint density at radius 1 is 1.06 bits per heavy atom. The molecular formula is C30H48O2. The van der Waals surface area contributed by atoms with E-state index < -0.39 is 0 Å². The Morgan fingerprint density at radius 2 is 1.75 bits per heavy atom. The van der Waals surface area contributed by atoms with Crippen molar-refractivity contribution in [3.63, 3.8) is 0 Å². The summed E-state index contributed by atoms with van der Waals surface area (Å²) in [6.07, 6.45) is 13.3. The van der Waals surface area contributed by atoms with Crippen molar-refractivity contribution in [3.05, 3.63) is 23.3 Å². The second-order valence-electron chi connectivity index (χ2n) is 13.6. The quantitative estimate of drug-likeness (QED) is 0.459. The lowest BCUT2D eigenvalue weighted by molar-refractivity contribution is -0.164. The fourth-order valence-electron chi connectivity index (χ4n) is 9.28. The predicted molar refractivity (Wildman–Crippen MR) is 133 cm³/mol. The molecule has 0 aromatic carbocycles. The second-order valence-corrected chi connectivity index (χ2v) is 13.6. The summed E-state index contributed by atoms with van der Waals surface area (Å²) in [7, 11) is 0. The first-order chi connectivity index (χ1) is 14.8. The molecular weight excluding hydrogens is 392 g/mol. The van der Waals surface area contributed by atoms with Gasteiger partial charge in [-0.2, -0.15) is 0 Å². The first-order valence-electron chi connectivity index (χ1n) is 13.4. The standard InChI is InChI=1S/C30H48O2/c1-19(2)10-9-11-20(3)21-14-15-30(8)26-24(31)18-23-22(12-13-25(32)27(23,4)5)28(26,6)16-17-29(21,30)7/h10,18,20-22,25-26,32H,9,11-17H2,1-8H3/t20-,21-,22-,25+,26-,28+,29-,30+/m1/s1. The maximum absolute atomic E-state index is 13.9. The van der Waals surface area contributed by atoms with Gasteiger partial charge in [0.25, 0.3) is 0 Å². The topological polar surface area (TPSA) is 37.3 Å². The molecule has 0 unspecified atom stereocenters. The number of hydrogen-bond donors (Lipinski definition) is 1. The third-order valence-corrected chi connectivity index (χ3v) is 11.5. The molecule has 0 radical (unpaired) electrons. The Kier molecular flexibility index (Phi) is 5.93. The van der Waals surface area contributed by atoms with Crippen LogP contribution in [-0.2, 0) is 4.79 Å². The van der Waals surface area contributed by atoms with Gasteiger partial charge in [0, 0.05) is 11.3 Å². The fraction of sp³-hybridized carbons (Fsp3) is 0.833. The van der Waals surface area contributed by atoms with Crippen LogP contribution >= 0.6 is 0 Å². The second kappa shape index (κ2) is 7.82. The zero-order valence-corrected chi connectivity index (χ0v) is 22.1. The maximum Gasteiger partial charge on any atom is 0.159 e. The van der Waals surface area contributed by atoms with Gasteiger partial charge in [0.05, 0.1) is 6.10 Å². The minimum absolute atomic E-state index is 0.0347. The van der Waals surface area contributed by atoms with Crippen molar-refractivity contribution in [3.8, 4) is 0 Å². The fourth-order valence-corrected chi connectivity index (χ4v) is 9.28. The average molecular weight is 441 g/mol. The molecule has 180 valence electrons. The summed E-state index contributed by atoms with van der Waals surface area (Å²) in [6.45, 7) is 18.6. The van der Waals surface area contributed by atoms with E-state index >= 15 is 0 Å². The molecule has 2 nitrogen and oxygen atoms in total. The molecule has 0 aliphatic heterocycles. The SMILES string of the molecule is CC(C)=CCC[C@@H](C)[C@H]1CC[C@@]2(C)[C@@H]3C(=O)C=C4[C@@H](CC[C@H](O)C4(C)C)[C@]3(C)CC[C@]12C. The molecule has 32 heavy (non-hydrogen) atoms. The van der Waals surface area contributed by atoms with Gasteiger partial charge in [-0.05, 0) is 105 Å². The first kappa shape index (κ1) is 24.2. The Hall–Kier alpha value is -0.890. The Labute approximate surface area is 197 Å². The van der Waals surface area contributed by atoms with Gasteiger partial charge >= 0.3 is 0 Å². The number of allylic oxidation sites excluding steroid dienone is 3. The van der Waals surface area contributed by atoms with Gasteiger partial charge in [0.2, 0.25) is 0 Å². The minimum atomic E-state index is -0.333. The number of fused-ring (bicyclic) bond motifs is 5. The van der Waals surface area contributed by atoms with Gasteiger partial charge in [-0.1, -0.05) is 58.8 Å². The summed E-state index contributed by atoms with van der Waals surface area (Å²) in [5.41, 5.74) is 2.74. The summed E-state index contributed by atoms with van der Waals surface area (Å²) >= 11 is 0. The highest BCUT2D eigenvalue weighted by Crippen LogP contribution is 2.74. The Morgan fingerprint density at radius 3 is 2.41 bits per heavy atom. The number of rotatable bonds is 4. The molecule has 0 aromatic rings. The van der Waals surface area contributed by atoms with Crippen molar-refractivity contribution in [2.75, 3.05) is 0 Å². The summed E-state index contributed by atoms with van der Waals surface area (Å²) in [5, 5.41) is 10.7. The van der Waals surface area contributed by atoms with Gasteiger partial charge in [0.1, 0.15) is 0 Å². The van der Waals surface area contributed by atoms with E-state index in [4.69, 9.17) is 0 Å². The maximum atomic E-state index is 13.9. The highest BCUT2D eigenvalue weighted by atomic mass is 16.3. The van der Waals surface area contributed by atoms with E-state index in [1.807, 2.05) is 6.08 Å². The molecule has 4 aliphatic carbocycles. The van der Waals surface area contributed by atoms with E-state index in [1.54, 1.807) is 0 Å². The third kappa shape index (κ3) is 3.25. The number of aliphatic hydroxyl groups excluding tert-OH is 1. The molecule has 2 heteroatoms. The van der Waals surface area contributed by atoms with Gasteiger partial charge in [-0.3, -0.25) is 4.79 Å². The van der Waals surface area contributed by atoms with Crippen molar-refractivity contribution in [2.24, 2.45) is 45.3 Å². The van der Waals surface area contributed by atoms with Crippen LogP contribution in [0, 0.1) is 45.3 Å². The highest BCUT2D eigenvalue weighted by molar-refractivity contribution is 5.95. The van der Waals surface area contributed by atoms with Crippen molar-refractivity contribution in [2.45, 2.75) is 113 Å². The lowest BCUT2D eigenvalue weighted by atomic mass is 9.39. The highest BCUT2D eigenvalue weighted by Gasteiger charge is 2.69. The Balaban J connectivity index is 1.68. The molecule has 8 atom stereocenters. The molecule has 0 heterocycles. The van der Waals surface area contributed by atoms with E-state index in [9.17, 15) is 9.90 Å². The van der Waals surface area contributed by atoms with E-state index in [0.29, 0.717) is 23.5 Å². The molecule has 0 amide bonds. The lowest BCUT2D eigenvalue weighted by Gasteiger charge is -2.65. The minimum Gasteiger partial charge on any atom is -0.392 e. The normalized spacial score (nSPS) is 45.9. The number of carbonyl (C=O) groups is 1. The predicted octanol–water partition coefficient (Wildman–Crippen LogP) is 7.51. The summed E-state index contributed by atoms with van der Waals surface area (Å²) < 4.78 is 0. The van der Waals surface area contributed by atoms with Crippen LogP contribution in [0.25, 0.3) is 0 Å². The van der Waals surface area contributed by atoms with Crippen molar-refractivity contribution >= 4 is 5.78 Å². The van der Waals surface area contributed by atoms with Crippen molar-refractivity contribution < 1.29 is 9.90 Å². The van der Waals surface area contributed by atoms with Crippen LogP contribution in [0.1, 0.15) is 107 Å². The van der Waals surface area contributed by atoms with E-state index in [1.165, 1.54) is 43.3 Å². The van der Waals surface area contributed by atoms with Crippen LogP contribution in [0.4, 0.5) is 0 Å². The van der Waals surface area contributed by atoms with Gasteiger partial charge < -0.3 is 5.11 Å². The zero-order valence-electron chi connectivity index (χ0n) is 22.1. The zero-order chi connectivity index (χ0) is 23.7. The summed E-state index contributed by atoms with van der Waals surface area (Å²) in [4.78, 5) is 13.9. The van der Waals surface area contributed by atoms with Gasteiger partial charge in [-0.25, -0.2) is 0 Å². The molecule has 4 aliphatic rings. The number of hydrogen-bond acceptors (Lipinski definition) is 2. The lowest BCUT2D eigenvalue weighted by Crippen LogP contribution is -2.61. The summed E-state index contributed by atoms with van der Waals surface area (Å²) in [5.74, 6) is 2.36. The molecule has 3 saturated carbocycles. The molecule has 3 fully saturated rings. The van der Waals surface area contributed by atoms with Gasteiger partial charge in [-0.15, -0.1) is 0 Å². The van der Waals surface area contributed by atoms with Crippen LogP contribution < -0.4 is 0 Å². The van der Waals surface area contributed by atoms with Crippen LogP contribution in [-0.4, -0.2) is 17.0 Å². The van der Waals surface area contributed by atoms with Crippen LogP contribution in [0.2, 0.25) is 0 Å². The smallest absolute Gasteiger partial charge is 0.159 e. The van der Waals surface area contributed by atoms with E-state index in [0.717, 1.165) is 19.3 Å². The third-order valence-electron chi connectivity index (χ3n) is 11.5. The largest absolute Gasteiger partial charge is 0.392 e. The number of carbonyl (C=O) groups excluding carboxylic acids is 1. The van der Waals surface area contributed by atoms with E-state index in [2.05, 4.69) is 61.5 Å². The average Bonchev–Trinajstić information content (AvgIpc) is 2.96. The molecule has 4 rings (SSSR count). The Bertz CT molecular complexity index is 830. The van der Waals surface area contributed by atoms with Crippen molar-refractivity contribution in [1.82, 2.24) is 0 Å². The molecule has 1 N–H and O–H groups in total. The number of aliphatic hydroxyl groups is 1. The monoisotopic (exact) mass is 440 g/mol. The van der Waals surface area contributed by atoms with Crippen LogP contribution in [0.15, 0.2) is 23.3 Å². The number of ketones is 1. The van der Waals surface area contributed by atoms with Crippen LogP contribution in [0.3, 0.4) is 0 Å².